The number of amides is 1. The molecule has 0 bridgehead atoms. The lowest BCUT2D eigenvalue weighted by Gasteiger charge is -2.19. The number of ether oxygens (including phenoxy) is 1. The van der Waals surface area contributed by atoms with Crippen molar-refractivity contribution in [1.29, 1.82) is 0 Å². The fourth-order valence-corrected chi connectivity index (χ4v) is 1.45. The highest BCUT2D eigenvalue weighted by molar-refractivity contribution is 5.68. The van der Waals surface area contributed by atoms with Crippen molar-refractivity contribution in [1.82, 2.24) is 5.32 Å². The first kappa shape index (κ1) is 16.2. The number of rotatable bonds is 4. The summed E-state index contributed by atoms with van der Waals surface area (Å²) in [7, 11) is 0. The van der Waals surface area contributed by atoms with Crippen LogP contribution in [0.15, 0.2) is 24.3 Å². The van der Waals surface area contributed by atoms with Crippen molar-refractivity contribution in [2.45, 2.75) is 33.0 Å². The number of halogens is 1. The van der Waals surface area contributed by atoms with Crippen LogP contribution in [0.2, 0.25) is 0 Å². The van der Waals surface area contributed by atoms with E-state index in [4.69, 9.17) is 9.84 Å². The summed E-state index contributed by atoms with van der Waals surface area (Å²) in [4.78, 5) is 11.4. The molecule has 1 aromatic rings. The van der Waals surface area contributed by atoms with Crippen LogP contribution in [0.3, 0.4) is 0 Å². The fourth-order valence-electron chi connectivity index (χ4n) is 1.45. The Morgan fingerprint density at radius 3 is 2.70 bits per heavy atom. The van der Waals surface area contributed by atoms with Crippen molar-refractivity contribution in [3.63, 3.8) is 0 Å². The van der Waals surface area contributed by atoms with Gasteiger partial charge >= 0.3 is 6.09 Å². The zero-order valence-electron chi connectivity index (χ0n) is 11.9. The minimum absolute atomic E-state index is 0.258. The van der Waals surface area contributed by atoms with Gasteiger partial charge < -0.3 is 15.2 Å². The zero-order chi connectivity index (χ0) is 15.2. The molecule has 0 unspecified atom stereocenters. The monoisotopic (exact) mass is 281 g/mol. The molecule has 4 nitrogen and oxygen atoms in total. The summed E-state index contributed by atoms with van der Waals surface area (Å²) < 4.78 is 18.5. The van der Waals surface area contributed by atoms with Crippen LogP contribution in [-0.2, 0) is 11.3 Å². The average Bonchev–Trinajstić information content (AvgIpc) is 2.33. The maximum Gasteiger partial charge on any atom is 0.407 e. The molecule has 0 aliphatic rings. The molecule has 0 radical (unpaired) electrons. The van der Waals surface area contributed by atoms with Gasteiger partial charge in [0.05, 0.1) is 6.61 Å². The minimum atomic E-state index is -0.531. The first-order valence-electron chi connectivity index (χ1n) is 6.34. The molecule has 0 aliphatic carbocycles. The topological polar surface area (TPSA) is 58.6 Å². The number of alkyl carbamates (subject to hydrolysis) is 1. The van der Waals surface area contributed by atoms with Gasteiger partial charge in [0.15, 0.2) is 0 Å². The number of hydrogen-bond acceptors (Lipinski definition) is 3. The van der Waals surface area contributed by atoms with Crippen molar-refractivity contribution < 1.29 is 19.0 Å². The number of nitrogens with one attached hydrogen (secondary N) is 1. The number of benzene rings is 1. The summed E-state index contributed by atoms with van der Waals surface area (Å²) in [5, 5.41) is 11.4. The highest BCUT2D eigenvalue weighted by atomic mass is 19.1. The van der Waals surface area contributed by atoms with E-state index in [2.05, 4.69) is 5.32 Å². The Balaban J connectivity index is 2.46. The van der Waals surface area contributed by atoms with Gasteiger partial charge in [-0.15, -0.1) is 0 Å². The lowest BCUT2D eigenvalue weighted by atomic mass is 10.1. The molecule has 110 valence electrons. The number of aliphatic hydroxyl groups excluding tert-OH is 1. The summed E-state index contributed by atoms with van der Waals surface area (Å²) >= 11 is 0. The Kier molecular flexibility index (Phi) is 5.70. The summed E-state index contributed by atoms with van der Waals surface area (Å²) in [6.45, 7) is 5.32. The largest absolute Gasteiger partial charge is 0.444 e. The third-order valence-electron chi connectivity index (χ3n) is 2.32. The van der Waals surface area contributed by atoms with E-state index in [0.717, 1.165) is 0 Å². The molecule has 1 amide bonds. The molecule has 5 heteroatoms. The zero-order valence-corrected chi connectivity index (χ0v) is 11.9. The molecule has 0 heterocycles. The van der Waals surface area contributed by atoms with Gasteiger partial charge in [-0.2, -0.15) is 0 Å². The smallest absolute Gasteiger partial charge is 0.407 e. The third kappa shape index (κ3) is 5.84. The molecule has 0 aliphatic heterocycles. The van der Waals surface area contributed by atoms with E-state index in [1.807, 2.05) is 0 Å². The van der Waals surface area contributed by atoms with Gasteiger partial charge in [-0.25, -0.2) is 9.18 Å². The fraction of sp³-hybridized carbons (Fsp3) is 0.400. The van der Waals surface area contributed by atoms with Crippen molar-refractivity contribution in [2.24, 2.45) is 0 Å². The molecular weight excluding hydrogens is 261 g/mol. The van der Waals surface area contributed by atoms with Crippen molar-refractivity contribution in [2.75, 3.05) is 6.54 Å². The second-order valence-corrected chi connectivity index (χ2v) is 5.29. The SMILES string of the molecule is CC(C)(C)OC(=O)NCC=Cc1ccc(CO)c(F)c1. The molecule has 20 heavy (non-hydrogen) atoms. The summed E-state index contributed by atoms with van der Waals surface area (Å²) in [6.07, 6.45) is 2.88. The first-order valence-corrected chi connectivity index (χ1v) is 6.34. The summed E-state index contributed by atoms with van der Waals surface area (Å²) in [5.41, 5.74) is 0.386. The maximum atomic E-state index is 13.4. The van der Waals surface area contributed by atoms with E-state index in [1.165, 1.54) is 12.1 Å². The molecular formula is C15H20FNO3. The van der Waals surface area contributed by atoms with Gasteiger partial charge in [0.25, 0.3) is 0 Å². The van der Waals surface area contributed by atoms with Crippen LogP contribution in [0.4, 0.5) is 9.18 Å². The normalized spacial score (nSPS) is 11.7. The van der Waals surface area contributed by atoms with Gasteiger partial charge in [-0.05, 0) is 32.4 Å². The van der Waals surface area contributed by atoms with Gasteiger partial charge in [0.1, 0.15) is 11.4 Å². The number of carbonyl (C=O) groups is 1. The molecule has 0 atom stereocenters. The van der Waals surface area contributed by atoms with Crippen LogP contribution in [0.1, 0.15) is 31.9 Å². The molecule has 1 aromatic carbocycles. The van der Waals surface area contributed by atoms with Gasteiger partial charge in [0.2, 0.25) is 0 Å². The van der Waals surface area contributed by atoms with Crippen LogP contribution in [0, 0.1) is 5.82 Å². The van der Waals surface area contributed by atoms with Crippen LogP contribution in [0.25, 0.3) is 6.08 Å². The van der Waals surface area contributed by atoms with Gasteiger partial charge in [0, 0.05) is 12.1 Å². The number of carbonyl (C=O) groups excluding carboxylic acids is 1. The Labute approximate surface area is 118 Å². The maximum absolute atomic E-state index is 13.4. The third-order valence-corrected chi connectivity index (χ3v) is 2.32. The molecule has 0 saturated heterocycles. The second-order valence-electron chi connectivity index (χ2n) is 5.29. The molecule has 0 fully saturated rings. The lowest BCUT2D eigenvalue weighted by molar-refractivity contribution is 0.0534. The highest BCUT2D eigenvalue weighted by Crippen LogP contribution is 2.11. The Morgan fingerprint density at radius 1 is 1.45 bits per heavy atom. The predicted molar refractivity (Wildman–Crippen MR) is 75.6 cm³/mol. The van der Waals surface area contributed by atoms with Crippen LogP contribution < -0.4 is 5.32 Å². The molecule has 0 spiro atoms. The van der Waals surface area contributed by atoms with Crippen LogP contribution >= 0.6 is 0 Å². The van der Waals surface area contributed by atoms with Crippen LogP contribution in [0.5, 0.6) is 0 Å². The quantitative estimate of drug-likeness (QED) is 0.892. The summed E-state index contributed by atoms with van der Waals surface area (Å²) in [5.74, 6) is -0.449. The molecule has 0 aromatic heterocycles. The van der Waals surface area contributed by atoms with E-state index < -0.39 is 17.5 Å². The second kappa shape index (κ2) is 7.05. The predicted octanol–water partition coefficient (Wildman–Crippen LogP) is 2.86. The first-order chi connectivity index (χ1) is 9.31. The number of aliphatic hydroxyl groups is 1. The highest BCUT2D eigenvalue weighted by Gasteiger charge is 2.14. The van der Waals surface area contributed by atoms with Crippen molar-refractivity contribution in [3.05, 3.63) is 41.2 Å². The lowest BCUT2D eigenvalue weighted by Crippen LogP contribution is -2.32. The van der Waals surface area contributed by atoms with Crippen molar-refractivity contribution >= 4 is 12.2 Å². The Bertz CT molecular complexity index is 492. The van der Waals surface area contributed by atoms with E-state index in [1.54, 1.807) is 39.0 Å². The molecule has 1 rings (SSSR count). The van der Waals surface area contributed by atoms with Gasteiger partial charge in [-0.3, -0.25) is 0 Å². The number of hydrogen-bond donors (Lipinski definition) is 2. The summed E-state index contributed by atoms with van der Waals surface area (Å²) in [6, 6.07) is 4.55. The molecule has 0 saturated carbocycles. The average molecular weight is 281 g/mol. The van der Waals surface area contributed by atoms with E-state index >= 15 is 0 Å². The molecule has 2 N–H and O–H groups in total. The minimum Gasteiger partial charge on any atom is -0.444 e. The van der Waals surface area contributed by atoms with Gasteiger partial charge in [-0.1, -0.05) is 24.3 Å². The Morgan fingerprint density at radius 2 is 2.15 bits per heavy atom. The standard InChI is InChI=1S/C15H20FNO3/c1-15(2,3)20-14(19)17-8-4-5-11-6-7-12(10-18)13(16)9-11/h4-7,9,18H,8,10H2,1-3H3,(H,17,19). The van der Waals surface area contributed by atoms with E-state index in [-0.39, 0.29) is 18.7 Å². The van der Waals surface area contributed by atoms with Crippen LogP contribution in [-0.4, -0.2) is 23.3 Å². The van der Waals surface area contributed by atoms with E-state index in [9.17, 15) is 9.18 Å². The Hall–Kier alpha value is -1.88. The van der Waals surface area contributed by atoms with Crippen molar-refractivity contribution in [3.8, 4) is 0 Å². The van der Waals surface area contributed by atoms with E-state index in [0.29, 0.717) is 5.56 Å².